The van der Waals surface area contributed by atoms with Gasteiger partial charge in [-0.05, 0) is 43.5 Å². The van der Waals surface area contributed by atoms with Crippen LogP contribution in [0.25, 0.3) is 11.0 Å². The van der Waals surface area contributed by atoms with Gasteiger partial charge >= 0.3 is 0 Å². The fourth-order valence-corrected chi connectivity index (χ4v) is 3.06. The number of hydrogen-bond acceptors (Lipinski definition) is 3. The number of carbonyl (C=O) groups is 2. The molecule has 3 aromatic rings. The molecule has 0 saturated carbocycles. The van der Waals surface area contributed by atoms with Gasteiger partial charge in [-0.1, -0.05) is 43.7 Å². The van der Waals surface area contributed by atoms with Crippen LogP contribution in [0.3, 0.4) is 0 Å². The van der Waals surface area contributed by atoms with E-state index in [0.29, 0.717) is 11.5 Å². The van der Waals surface area contributed by atoms with Crippen molar-refractivity contribution in [3.05, 3.63) is 65.5 Å². The van der Waals surface area contributed by atoms with E-state index in [1.807, 2.05) is 43.3 Å². The minimum Gasteiger partial charge on any atom is -0.345 e. The second-order valence-electron chi connectivity index (χ2n) is 7.44. The summed E-state index contributed by atoms with van der Waals surface area (Å²) in [6.07, 6.45) is 0.747. The zero-order valence-corrected chi connectivity index (χ0v) is 16.5. The first-order chi connectivity index (χ1) is 13.4. The second kappa shape index (κ2) is 8.69. The third kappa shape index (κ3) is 4.97. The van der Waals surface area contributed by atoms with Crippen molar-refractivity contribution in [2.75, 3.05) is 6.54 Å². The Hall–Kier alpha value is -3.15. The Balaban J connectivity index is 1.64. The minimum atomic E-state index is -0.265. The number of para-hydroxylation sites is 2. The van der Waals surface area contributed by atoms with Gasteiger partial charge in [-0.2, -0.15) is 0 Å². The number of fused-ring (bicyclic) bond motifs is 1. The smallest absolute Gasteiger partial charge is 0.251 e. The van der Waals surface area contributed by atoms with Crippen LogP contribution in [0.15, 0.2) is 48.5 Å². The van der Waals surface area contributed by atoms with Gasteiger partial charge < -0.3 is 15.6 Å². The molecule has 6 nitrogen and oxygen atoms in total. The highest BCUT2D eigenvalue weighted by Gasteiger charge is 2.20. The number of amides is 2. The van der Waals surface area contributed by atoms with Gasteiger partial charge in [0, 0.05) is 5.56 Å². The zero-order chi connectivity index (χ0) is 20.1. The minimum absolute atomic E-state index is 0.0818. The van der Waals surface area contributed by atoms with Gasteiger partial charge in [0.15, 0.2) is 0 Å². The number of carbonyl (C=O) groups excluding carboxylic acids is 2. The van der Waals surface area contributed by atoms with Crippen molar-refractivity contribution < 1.29 is 9.59 Å². The normalized spacial score (nSPS) is 12.1. The molecule has 0 aliphatic carbocycles. The summed E-state index contributed by atoms with van der Waals surface area (Å²) in [7, 11) is 0. The highest BCUT2D eigenvalue weighted by Crippen LogP contribution is 2.21. The van der Waals surface area contributed by atoms with Crippen molar-refractivity contribution in [1.82, 2.24) is 20.6 Å². The second-order valence-corrected chi connectivity index (χ2v) is 7.44. The van der Waals surface area contributed by atoms with E-state index in [9.17, 15) is 9.59 Å². The summed E-state index contributed by atoms with van der Waals surface area (Å²) in [5, 5.41) is 5.67. The molecule has 2 amide bonds. The van der Waals surface area contributed by atoms with Crippen LogP contribution >= 0.6 is 0 Å². The van der Waals surface area contributed by atoms with Crippen molar-refractivity contribution in [3.8, 4) is 0 Å². The van der Waals surface area contributed by atoms with Crippen molar-refractivity contribution in [1.29, 1.82) is 0 Å². The largest absolute Gasteiger partial charge is 0.345 e. The summed E-state index contributed by atoms with van der Waals surface area (Å²) >= 11 is 0. The van der Waals surface area contributed by atoms with Crippen molar-refractivity contribution in [3.63, 3.8) is 0 Å². The highest BCUT2D eigenvalue weighted by atomic mass is 16.2. The maximum Gasteiger partial charge on any atom is 0.251 e. The number of aromatic amines is 1. The molecular formula is C22H26N4O2. The Bertz CT molecular complexity index is 927. The third-order valence-electron chi connectivity index (χ3n) is 4.50. The number of benzene rings is 2. The van der Waals surface area contributed by atoms with E-state index in [1.54, 1.807) is 12.1 Å². The molecule has 1 heterocycles. The molecular weight excluding hydrogens is 352 g/mol. The van der Waals surface area contributed by atoms with Crippen LogP contribution in [-0.2, 0) is 4.79 Å². The van der Waals surface area contributed by atoms with Crippen molar-refractivity contribution in [2.45, 2.75) is 33.2 Å². The molecule has 0 saturated heterocycles. The molecule has 146 valence electrons. The summed E-state index contributed by atoms with van der Waals surface area (Å²) < 4.78 is 0. The zero-order valence-electron chi connectivity index (χ0n) is 16.5. The lowest BCUT2D eigenvalue weighted by Gasteiger charge is -2.19. The molecule has 3 N–H and O–H groups in total. The van der Waals surface area contributed by atoms with Crippen LogP contribution in [0.5, 0.6) is 0 Å². The van der Waals surface area contributed by atoms with Gasteiger partial charge in [0.05, 0.1) is 23.6 Å². The van der Waals surface area contributed by atoms with E-state index >= 15 is 0 Å². The standard InChI is InChI=1S/C22H26N4O2/c1-14(2)12-19(21-25-17-6-4-5-7-18(17)26-21)24-20(27)13-23-22(28)16-10-8-15(3)9-11-16/h4-11,14,19H,12-13H2,1-3H3,(H,23,28)(H,24,27)(H,25,26)/t19-/m1/s1. The number of imidazole rings is 1. The van der Waals surface area contributed by atoms with Crippen molar-refractivity contribution in [2.24, 2.45) is 5.92 Å². The van der Waals surface area contributed by atoms with E-state index in [2.05, 4.69) is 34.4 Å². The number of H-pyrrole nitrogens is 1. The van der Waals surface area contributed by atoms with Crippen LogP contribution in [0.1, 0.15) is 48.1 Å². The van der Waals surface area contributed by atoms with Crippen LogP contribution in [0, 0.1) is 12.8 Å². The number of rotatable bonds is 7. The lowest BCUT2D eigenvalue weighted by atomic mass is 10.0. The quantitative estimate of drug-likeness (QED) is 0.588. The lowest BCUT2D eigenvalue weighted by Crippen LogP contribution is -2.39. The maximum absolute atomic E-state index is 12.4. The van der Waals surface area contributed by atoms with Crippen LogP contribution < -0.4 is 10.6 Å². The van der Waals surface area contributed by atoms with Gasteiger partial charge in [-0.25, -0.2) is 4.98 Å². The summed E-state index contributed by atoms with van der Waals surface area (Å²) in [5.41, 5.74) is 3.42. The predicted octanol–water partition coefficient (Wildman–Crippen LogP) is 3.50. The molecule has 6 heteroatoms. The Morgan fingerprint density at radius 2 is 1.79 bits per heavy atom. The number of hydrogen-bond donors (Lipinski definition) is 3. The molecule has 0 bridgehead atoms. The van der Waals surface area contributed by atoms with E-state index in [0.717, 1.165) is 28.8 Å². The first-order valence-corrected chi connectivity index (χ1v) is 9.51. The molecule has 1 atom stereocenters. The molecule has 1 aromatic heterocycles. The van der Waals surface area contributed by atoms with Gasteiger partial charge in [-0.15, -0.1) is 0 Å². The summed E-state index contributed by atoms with van der Waals surface area (Å²) in [6.45, 7) is 6.07. The van der Waals surface area contributed by atoms with E-state index in [-0.39, 0.29) is 24.4 Å². The van der Waals surface area contributed by atoms with Crippen molar-refractivity contribution >= 4 is 22.8 Å². The Morgan fingerprint density at radius 3 is 2.46 bits per heavy atom. The molecule has 0 radical (unpaired) electrons. The maximum atomic E-state index is 12.4. The molecule has 0 aliphatic rings. The van der Waals surface area contributed by atoms with Crippen LogP contribution in [-0.4, -0.2) is 28.3 Å². The third-order valence-corrected chi connectivity index (χ3v) is 4.50. The molecule has 28 heavy (non-hydrogen) atoms. The van der Waals surface area contributed by atoms with Crippen LogP contribution in [0.4, 0.5) is 0 Å². The Morgan fingerprint density at radius 1 is 1.07 bits per heavy atom. The SMILES string of the molecule is Cc1ccc(C(=O)NCC(=O)N[C@H](CC(C)C)c2nc3ccccc3[nH]2)cc1. The van der Waals surface area contributed by atoms with Gasteiger partial charge in [0.1, 0.15) is 5.82 Å². The molecule has 3 rings (SSSR count). The Labute approximate surface area is 164 Å². The van der Waals surface area contributed by atoms with Gasteiger partial charge in [0.25, 0.3) is 5.91 Å². The topological polar surface area (TPSA) is 86.9 Å². The summed E-state index contributed by atoms with van der Waals surface area (Å²) in [4.78, 5) is 32.5. The van der Waals surface area contributed by atoms with E-state index in [1.165, 1.54) is 0 Å². The molecule has 0 spiro atoms. The first-order valence-electron chi connectivity index (χ1n) is 9.51. The average molecular weight is 378 g/mol. The fourth-order valence-electron chi connectivity index (χ4n) is 3.06. The van der Waals surface area contributed by atoms with E-state index in [4.69, 9.17) is 0 Å². The number of aryl methyl sites for hydroxylation is 1. The van der Waals surface area contributed by atoms with E-state index < -0.39 is 0 Å². The molecule has 2 aromatic carbocycles. The molecule has 0 unspecified atom stereocenters. The number of aromatic nitrogens is 2. The van der Waals surface area contributed by atoms with Gasteiger partial charge in [0.2, 0.25) is 5.91 Å². The fraction of sp³-hybridized carbons (Fsp3) is 0.318. The summed E-state index contributed by atoms with van der Waals surface area (Å²) in [5.74, 6) is 0.597. The van der Waals surface area contributed by atoms with Gasteiger partial charge in [-0.3, -0.25) is 9.59 Å². The number of nitrogens with zero attached hydrogens (tertiary/aromatic N) is 1. The average Bonchev–Trinajstić information content (AvgIpc) is 3.10. The van der Waals surface area contributed by atoms with Crippen LogP contribution in [0.2, 0.25) is 0 Å². The summed E-state index contributed by atoms with van der Waals surface area (Å²) in [6, 6.07) is 14.8. The monoisotopic (exact) mass is 378 g/mol. The highest BCUT2D eigenvalue weighted by molar-refractivity contribution is 5.96. The molecule has 0 aliphatic heterocycles. The Kier molecular flexibility index (Phi) is 6.09. The number of nitrogens with one attached hydrogen (secondary N) is 3. The first kappa shape index (κ1) is 19.6. The lowest BCUT2D eigenvalue weighted by molar-refractivity contribution is -0.121. The predicted molar refractivity (Wildman–Crippen MR) is 110 cm³/mol. The molecule has 0 fully saturated rings.